The van der Waals surface area contributed by atoms with Crippen LogP contribution in [0, 0.1) is 0 Å². The minimum absolute atomic E-state index is 0.0186. The molecule has 0 N–H and O–H groups in total. The van der Waals surface area contributed by atoms with Crippen LogP contribution in [0.15, 0.2) is 176 Å². The second-order valence-corrected chi connectivity index (χ2v) is 24.1. The average Bonchev–Trinajstić information content (AvgIpc) is 3.53. The maximum absolute atomic E-state index is 2.47. The molecule has 0 radical (unpaired) electrons. The molecule has 0 unspecified atom stereocenters. The van der Waals surface area contributed by atoms with Crippen molar-refractivity contribution in [2.24, 2.45) is 0 Å². The van der Waals surface area contributed by atoms with Gasteiger partial charge in [-0.05, 0) is 153 Å². The molecule has 68 heavy (non-hydrogen) atoms. The molecule has 0 heterocycles. The highest BCUT2D eigenvalue weighted by atomic mass is 15.1. The summed E-state index contributed by atoms with van der Waals surface area (Å²) in [6.45, 7) is 32.7. The molecule has 1 aliphatic carbocycles. The number of fused-ring (bicyclic) bond motifs is 3. The highest BCUT2D eigenvalue weighted by molar-refractivity contribution is 5.87. The Kier molecular flexibility index (Phi) is 11.6. The number of hydrogen-bond donors (Lipinski definition) is 0. The van der Waals surface area contributed by atoms with Crippen molar-refractivity contribution in [3.05, 3.63) is 209 Å². The van der Waals surface area contributed by atoms with E-state index in [9.17, 15) is 0 Å². The summed E-state index contributed by atoms with van der Waals surface area (Å²) < 4.78 is 0. The van der Waals surface area contributed by atoms with E-state index >= 15 is 0 Å². The van der Waals surface area contributed by atoms with Crippen LogP contribution in [0.4, 0.5) is 17.1 Å². The van der Waals surface area contributed by atoms with Gasteiger partial charge in [-0.1, -0.05) is 230 Å². The Morgan fingerprint density at radius 1 is 0.279 bits per heavy atom. The monoisotopic (exact) mass is 890 g/mol. The van der Waals surface area contributed by atoms with Crippen LogP contribution in [-0.2, 0) is 27.1 Å². The molecule has 1 aliphatic rings. The van der Waals surface area contributed by atoms with Gasteiger partial charge in [0.2, 0.25) is 0 Å². The van der Waals surface area contributed by atoms with Gasteiger partial charge in [0.05, 0.1) is 0 Å². The van der Waals surface area contributed by atoms with E-state index in [-0.39, 0.29) is 27.1 Å². The van der Waals surface area contributed by atoms with Crippen molar-refractivity contribution in [1.82, 2.24) is 0 Å². The average molecular weight is 890 g/mol. The van der Waals surface area contributed by atoms with Crippen molar-refractivity contribution in [3.8, 4) is 55.6 Å². The molecule has 0 saturated carbocycles. The molecule has 0 aromatic heterocycles. The number of rotatable bonds is 7. The summed E-state index contributed by atoms with van der Waals surface area (Å²) in [6.07, 6.45) is 0. The van der Waals surface area contributed by atoms with E-state index in [0.29, 0.717) is 0 Å². The lowest BCUT2D eigenvalue weighted by Gasteiger charge is -2.30. The van der Waals surface area contributed by atoms with E-state index in [2.05, 4.69) is 278 Å². The lowest BCUT2D eigenvalue weighted by Crippen LogP contribution is -2.17. The largest absolute Gasteiger partial charge is 0.310 e. The molecule has 8 aromatic rings. The minimum atomic E-state index is -0.121. The van der Waals surface area contributed by atoms with E-state index < -0.39 is 0 Å². The van der Waals surface area contributed by atoms with Gasteiger partial charge in [-0.3, -0.25) is 0 Å². The van der Waals surface area contributed by atoms with Gasteiger partial charge < -0.3 is 4.90 Å². The van der Waals surface area contributed by atoms with Gasteiger partial charge >= 0.3 is 0 Å². The third-order valence-corrected chi connectivity index (χ3v) is 14.4. The third-order valence-electron chi connectivity index (χ3n) is 14.4. The summed E-state index contributed by atoms with van der Waals surface area (Å²) in [5.41, 5.74) is 23.9. The van der Waals surface area contributed by atoms with Gasteiger partial charge in [0.25, 0.3) is 0 Å². The van der Waals surface area contributed by atoms with Crippen molar-refractivity contribution in [3.63, 3.8) is 0 Å². The van der Waals surface area contributed by atoms with Crippen LogP contribution in [0.1, 0.15) is 130 Å². The molecular weight excluding hydrogens is 819 g/mol. The first-order chi connectivity index (χ1) is 31.9. The first kappa shape index (κ1) is 46.7. The highest BCUT2D eigenvalue weighted by Crippen LogP contribution is 2.51. The van der Waals surface area contributed by atoms with Gasteiger partial charge in [0.15, 0.2) is 0 Å². The molecule has 1 heteroatoms. The predicted octanol–water partition coefficient (Wildman–Crippen LogP) is 19.3. The quantitative estimate of drug-likeness (QED) is 0.154. The zero-order valence-corrected chi connectivity index (χ0v) is 43.2. The maximum Gasteiger partial charge on any atom is 0.0470 e. The lowest BCUT2D eigenvalue weighted by molar-refractivity contribution is 0.569. The van der Waals surface area contributed by atoms with Gasteiger partial charge in [-0.25, -0.2) is 0 Å². The van der Waals surface area contributed by atoms with Gasteiger partial charge in [-0.2, -0.15) is 0 Å². The number of benzene rings is 8. The molecule has 0 atom stereocenters. The van der Waals surface area contributed by atoms with Crippen LogP contribution in [0.2, 0.25) is 0 Å². The molecule has 1 nitrogen and oxygen atoms in total. The van der Waals surface area contributed by atoms with Gasteiger partial charge in [-0.15, -0.1) is 0 Å². The first-order valence-electron chi connectivity index (χ1n) is 24.7. The summed E-state index contributed by atoms with van der Waals surface area (Å²) in [7, 11) is 0. The fourth-order valence-corrected chi connectivity index (χ4v) is 9.96. The van der Waals surface area contributed by atoms with E-state index in [1.54, 1.807) is 0 Å². The van der Waals surface area contributed by atoms with Crippen LogP contribution < -0.4 is 4.90 Å². The second-order valence-electron chi connectivity index (χ2n) is 24.1. The van der Waals surface area contributed by atoms with Crippen LogP contribution in [0.25, 0.3) is 55.6 Å². The molecule has 0 spiro atoms. The Bertz CT molecular complexity index is 3100. The van der Waals surface area contributed by atoms with Crippen molar-refractivity contribution in [2.75, 3.05) is 4.90 Å². The van der Waals surface area contributed by atoms with Crippen molar-refractivity contribution in [2.45, 2.75) is 124 Å². The molecule has 9 rings (SSSR count). The SMILES string of the molecule is CC(C)(C)c1cc(-c2ccc(-c3cc(N(c4ccc(-c5ccccc5)cc4)c4ccc5c(c4)C(C)(C)c4ccccc4-5)cc(C(C)(C)C)c3)cc2)cc(-c2cc(C(C)(C)C)cc(C(C)(C)C)c2)c1. The third kappa shape index (κ3) is 9.13. The highest BCUT2D eigenvalue weighted by Gasteiger charge is 2.36. The Labute approximate surface area is 409 Å². The fourth-order valence-electron chi connectivity index (χ4n) is 9.96. The predicted molar refractivity (Wildman–Crippen MR) is 295 cm³/mol. The second kappa shape index (κ2) is 17.0. The Balaban J connectivity index is 1.16. The lowest BCUT2D eigenvalue weighted by atomic mass is 9.78. The zero-order chi connectivity index (χ0) is 48.6. The van der Waals surface area contributed by atoms with Crippen LogP contribution in [0.3, 0.4) is 0 Å². The van der Waals surface area contributed by atoms with Crippen molar-refractivity contribution >= 4 is 17.1 Å². The van der Waals surface area contributed by atoms with Gasteiger partial charge in [0, 0.05) is 22.5 Å². The van der Waals surface area contributed by atoms with Crippen LogP contribution >= 0.6 is 0 Å². The Hall–Kier alpha value is -6.44. The summed E-state index contributed by atoms with van der Waals surface area (Å²) in [4.78, 5) is 2.47. The number of anilines is 3. The molecular formula is C67H71N. The van der Waals surface area contributed by atoms with E-state index in [4.69, 9.17) is 0 Å². The minimum Gasteiger partial charge on any atom is -0.310 e. The number of hydrogen-bond acceptors (Lipinski definition) is 1. The summed E-state index contributed by atoms with van der Waals surface area (Å²) in [5, 5.41) is 0. The molecule has 0 fully saturated rings. The zero-order valence-electron chi connectivity index (χ0n) is 43.2. The van der Waals surface area contributed by atoms with Crippen LogP contribution in [0.5, 0.6) is 0 Å². The molecule has 0 amide bonds. The Morgan fingerprint density at radius 3 is 1.21 bits per heavy atom. The number of nitrogens with zero attached hydrogens (tertiary/aromatic N) is 1. The van der Waals surface area contributed by atoms with Crippen LogP contribution in [-0.4, -0.2) is 0 Å². The molecule has 0 bridgehead atoms. The first-order valence-corrected chi connectivity index (χ1v) is 24.7. The Morgan fingerprint density at radius 2 is 0.662 bits per heavy atom. The van der Waals surface area contributed by atoms with Crippen molar-refractivity contribution in [1.29, 1.82) is 0 Å². The van der Waals surface area contributed by atoms with E-state index in [0.717, 1.165) is 17.1 Å². The smallest absolute Gasteiger partial charge is 0.0470 e. The fraction of sp³-hybridized carbons (Fsp3) is 0.284. The standard InChI is InChI=1S/C67H71N/c1-63(2,3)52-35-48(34-49(36-52)50-37-53(64(4,5)6)41-54(38-50)65(7,8)9)46-24-26-47(27-25-46)51-39-55(66(10,11)12)42-58(40-51)68(56-30-28-45(29-31-56)44-20-16-15-17-21-44)57-32-33-60-59-22-18-19-23-61(59)67(13,14)62(60)43-57/h15-43H,1-14H3. The molecule has 8 aromatic carbocycles. The van der Waals surface area contributed by atoms with E-state index in [1.165, 1.54) is 89.0 Å². The molecule has 0 saturated heterocycles. The molecule has 0 aliphatic heterocycles. The summed E-state index contributed by atoms with van der Waals surface area (Å²) >= 11 is 0. The summed E-state index contributed by atoms with van der Waals surface area (Å²) in [6, 6.07) is 66.9. The topological polar surface area (TPSA) is 3.24 Å². The normalized spacial score (nSPS) is 13.6. The molecule has 344 valence electrons. The van der Waals surface area contributed by atoms with E-state index in [1.807, 2.05) is 0 Å². The summed E-state index contributed by atoms with van der Waals surface area (Å²) in [5.74, 6) is 0. The maximum atomic E-state index is 2.47. The van der Waals surface area contributed by atoms with Crippen molar-refractivity contribution < 1.29 is 0 Å². The van der Waals surface area contributed by atoms with Gasteiger partial charge in [0.1, 0.15) is 0 Å².